The molecule has 3 heteroatoms. The number of rotatable bonds is 3. The second kappa shape index (κ2) is 5.73. The molecule has 2 aliphatic rings. The fourth-order valence-corrected chi connectivity index (χ4v) is 3.37. The lowest BCUT2D eigenvalue weighted by molar-refractivity contribution is 0.166. The first-order chi connectivity index (χ1) is 9.35. The summed E-state index contributed by atoms with van der Waals surface area (Å²) in [5, 5.41) is 12.5. The van der Waals surface area contributed by atoms with Crippen LogP contribution in [0.15, 0.2) is 24.3 Å². The largest absolute Gasteiger partial charge is 0.310 e. The topological polar surface area (TPSA) is 39.1 Å². The Morgan fingerprint density at radius 3 is 2.84 bits per heavy atom. The quantitative estimate of drug-likeness (QED) is 0.900. The van der Waals surface area contributed by atoms with Crippen LogP contribution in [0.3, 0.4) is 0 Å². The molecule has 1 aromatic carbocycles. The van der Waals surface area contributed by atoms with E-state index in [-0.39, 0.29) is 0 Å². The van der Waals surface area contributed by atoms with Gasteiger partial charge in [-0.05, 0) is 56.5 Å². The van der Waals surface area contributed by atoms with Crippen LogP contribution in [0.5, 0.6) is 0 Å². The average Bonchev–Trinajstić information content (AvgIpc) is 2.93. The van der Waals surface area contributed by atoms with E-state index in [2.05, 4.69) is 28.4 Å². The molecule has 0 radical (unpaired) electrons. The summed E-state index contributed by atoms with van der Waals surface area (Å²) in [5.41, 5.74) is 2.01. The first-order valence-electron chi connectivity index (χ1n) is 7.31. The minimum atomic E-state index is 0.662. The van der Waals surface area contributed by atoms with Gasteiger partial charge in [0, 0.05) is 18.6 Å². The SMILES string of the molecule is N#Cc1ccc(CNC2CCN3CCCC3C2)cc1. The molecule has 2 aliphatic heterocycles. The van der Waals surface area contributed by atoms with Crippen LogP contribution in [0, 0.1) is 11.3 Å². The molecule has 100 valence electrons. The molecule has 2 saturated heterocycles. The van der Waals surface area contributed by atoms with Crippen LogP contribution in [0.4, 0.5) is 0 Å². The first kappa shape index (κ1) is 12.7. The van der Waals surface area contributed by atoms with E-state index >= 15 is 0 Å². The van der Waals surface area contributed by atoms with Crippen LogP contribution in [-0.4, -0.2) is 30.1 Å². The van der Waals surface area contributed by atoms with Gasteiger partial charge in [-0.1, -0.05) is 12.1 Å². The monoisotopic (exact) mass is 255 g/mol. The molecule has 2 heterocycles. The molecule has 0 saturated carbocycles. The van der Waals surface area contributed by atoms with E-state index in [1.807, 2.05) is 12.1 Å². The van der Waals surface area contributed by atoms with Gasteiger partial charge in [-0.3, -0.25) is 0 Å². The van der Waals surface area contributed by atoms with Gasteiger partial charge < -0.3 is 10.2 Å². The number of hydrogen-bond donors (Lipinski definition) is 1. The number of nitrogens with one attached hydrogen (secondary N) is 1. The van der Waals surface area contributed by atoms with Gasteiger partial charge in [0.2, 0.25) is 0 Å². The van der Waals surface area contributed by atoms with Crippen molar-refractivity contribution in [3.8, 4) is 6.07 Å². The Morgan fingerprint density at radius 1 is 1.21 bits per heavy atom. The maximum absolute atomic E-state index is 8.78. The molecule has 3 nitrogen and oxygen atoms in total. The van der Waals surface area contributed by atoms with Gasteiger partial charge in [0.05, 0.1) is 11.6 Å². The second-order valence-electron chi connectivity index (χ2n) is 5.74. The van der Waals surface area contributed by atoms with Crippen LogP contribution in [-0.2, 0) is 6.54 Å². The molecule has 2 unspecified atom stereocenters. The van der Waals surface area contributed by atoms with Crippen molar-refractivity contribution in [3.05, 3.63) is 35.4 Å². The summed E-state index contributed by atoms with van der Waals surface area (Å²) in [7, 11) is 0. The smallest absolute Gasteiger partial charge is 0.0991 e. The summed E-state index contributed by atoms with van der Waals surface area (Å²) in [5.74, 6) is 0. The molecule has 0 amide bonds. The highest BCUT2D eigenvalue weighted by Gasteiger charge is 2.31. The Balaban J connectivity index is 1.50. The van der Waals surface area contributed by atoms with Crippen molar-refractivity contribution in [2.45, 2.75) is 44.3 Å². The number of piperidine rings is 1. The average molecular weight is 255 g/mol. The maximum atomic E-state index is 8.78. The van der Waals surface area contributed by atoms with Crippen LogP contribution >= 0.6 is 0 Å². The molecule has 0 aliphatic carbocycles. The third-order valence-corrected chi connectivity index (χ3v) is 4.50. The van der Waals surface area contributed by atoms with E-state index in [0.717, 1.165) is 18.2 Å². The van der Waals surface area contributed by atoms with Gasteiger partial charge >= 0.3 is 0 Å². The fraction of sp³-hybridized carbons (Fsp3) is 0.562. The Bertz CT molecular complexity index is 460. The van der Waals surface area contributed by atoms with Crippen LogP contribution in [0.1, 0.15) is 36.8 Å². The molecule has 1 aromatic rings. The maximum Gasteiger partial charge on any atom is 0.0991 e. The number of fused-ring (bicyclic) bond motifs is 1. The lowest BCUT2D eigenvalue weighted by Crippen LogP contribution is -2.45. The predicted molar refractivity (Wildman–Crippen MR) is 75.6 cm³/mol. The molecular formula is C16H21N3. The minimum absolute atomic E-state index is 0.662. The Hall–Kier alpha value is -1.37. The summed E-state index contributed by atoms with van der Waals surface area (Å²) in [6, 6.07) is 11.5. The van der Waals surface area contributed by atoms with Crippen molar-refractivity contribution in [1.82, 2.24) is 10.2 Å². The van der Waals surface area contributed by atoms with Gasteiger partial charge in [-0.25, -0.2) is 0 Å². The number of nitriles is 1. The van der Waals surface area contributed by atoms with Crippen LogP contribution in [0.25, 0.3) is 0 Å². The van der Waals surface area contributed by atoms with Gasteiger partial charge in [-0.15, -0.1) is 0 Å². The van der Waals surface area contributed by atoms with Gasteiger partial charge in [0.1, 0.15) is 0 Å². The molecule has 0 spiro atoms. The van der Waals surface area contributed by atoms with Gasteiger partial charge in [0.15, 0.2) is 0 Å². The molecule has 0 bridgehead atoms. The predicted octanol–water partition coefficient (Wildman–Crippen LogP) is 2.27. The van der Waals surface area contributed by atoms with Crippen molar-refractivity contribution < 1.29 is 0 Å². The summed E-state index contributed by atoms with van der Waals surface area (Å²) in [6.07, 6.45) is 5.34. The highest BCUT2D eigenvalue weighted by molar-refractivity contribution is 5.31. The third-order valence-electron chi connectivity index (χ3n) is 4.50. The van der Waals surface area contributed by atoms with E-state index in [4.69, 9.17) is 5.26 Å². The second-order valence-corrected chi connectivity index (χ2v) is 5.74. The summed E-state index contributed by atoms with van der Waals surface area (Å²) >= 11 is 0. The normalized spacial score (nSPS) is 26.9. The highest BCUT2D eigenvalue weighted by atomic mass is 15.2. The number of benzene rings is 1. The zero-order chi connectivity index (χ0) is 13.1. The van der Waals surface area contributed by atoms with E-state index in [9.17, 15) is 0 Å². The van der Waals surface area contributed by atoms with Gasteiger partial charge in [-0.2, -0.15) is 5.26 Å². The first-order valence-corrected chi connectivity index (χ1v) is 7.31. The summed E-state index contributed by atoms with van der Waals surface area (Å²) < 4.78 is 0. The zero-order valence-corrected chi connectivity index (χ0v) is 11.3. The number of nitrogens with zero attached hydrogens (tertiary/aromatic N) is 2. The standard InChI is InChI=1S/C16H21N3/c17-11-13-3-5-14(6-4-13)12-18-15-7-9-19-8-1-2-16(19)10-15/h3-6,15-16,18H,1-2,7-10,12H2. The molecule has 1 N–H and O–H groups in total. The van der Waals surface area contributed by atoms with E-state index < -0.39 is 0 Å². The molecule has 19 heavy (non-hydrogen) atoms. The fourth-order valence-electron chi connectivity index (χ4n) is 3.37. The Kier molecular flexibility index (Phi) is 3.82. The lowest BCUT2D eigenvalue weighted by Gasteiger charge is -2.35. The van der Waals surface area contributed by atoms with Crippen LogP contribution in [0.2, 0.25) is 0 Å². The highest BCUT2D eigenvalue weighted by Crippen LogP contribution is 2.26. The van der Waals surface area contributed by atoms with Crippen molar-refractivity contribution in [2.24, 2.45) is 0 Å². The lowest BCUT2D eigenvalue weighted by atomic mass is 9.97. The molecule has 2 fully saturated rings. The Labute approximate surface area is 115 Å². The molecular weight excluding hydrogens is 234 g/mol. The molecule has 3 rings (SSSR count). The molecule has 0 aromatic heterocycles. The van der Waals surface area contributed by atoms with Crippen molar-refractivity contribution in [2.75, 3.05) is 13.1 Å². The minimum Gasteiger partial charge on any atom is -0.310 e. The third kappa shape index (κ3) is 2.97. The van der Waals surface area contributed by atoms with Gasteiger partial charge in [0.25, 0.3) is 0 Å². The van der Waals surface area contributed by atoms with E-state index in [1.54, 1.807) is 0 Å². The van der Waals surface area contributed by atoms with E-state index in [1.165, 1.54) is 44.3 Å². The van der Waals surface area contributed by atoms with Crippen LogP contribution < -0.4 is 5.32 Å². The van der Waals surface area contributed by atoms with E-state index in [0.29, 0.717) is 6.04 Å². The zero-order valence-electron chi connectivity index (χ0n) is 11.3. The Morgan fingerprint density at radius 2 is 2.05 bits per heavy atom. The van der Waals surface area contributed by atoms with Crippen molar-refractivity contribution in [3.63, 3.8) is 0 Å². The number of hydrogen-bond acceptors (Lipinski definition) is 3. The van der Waals surface area contributed by atoms with Crippen molar-refractivity contribution in [1.29, 1.82) is 5.26 Å². The summed E-state index contributed by atoms with van der Waals surface area (Å²) in [6.45, 7) is 3.49. The summed E-state index contributed by atoms with van der Waals surface area (Å²) in [4.78, 5) is 2.65. The van der Waals surface area contributed by atoms with Crippen molar-refractivity contribution >= 4 is 0 Å². The molecule has 2 atom stereocenters.